The van der Waals surface area contributed by atoms with Gasteiger partial charge in [-0.05, 0) is 22.4 Å². The van der Waals surface area contributed by atoms with Gasteiger partial charge in [-0.3, -0.25) is 10.1 Å². The zero-order valence-corrected chi connectivity index (χ0v) is 10.2. The standard InChI is InChI=1S/C9H8BrClFNO2/c1-2-8(12)6-3-5(13(14)15)4-7(10)9(6)11/h3-4,8H,2H2,1H3. The first-order chi connectivity index (χ1) is 6.97. The van der Waals surface area contributed by atoms with Crippen molar-refractivity contribution in [2.24, 2.45) is 0 Å². The lowest BCUT2D eigenvalue weighted by molar-refractivity contribution is -0.385. The van der Waals surface area contributed by atoms with Crippen LogP contribution < -0.4 is 0 Å². The molecule has 0 saturated heterocycles. The van der Waals surface area contributed by atoms with Crippen molar-refractivity contribution in [3.8, 4) is 0 Å². The van der Waals surface area contributed by atoms with E-state index in [0.717, 1.165) is 0 Å². The average Bonchev–Trinajstić information content (AvgIpc) is 2.20. The van der Waals surface area contributed by atoms with Crippen LogP contribution in [0, 0.1) is 10.1 Å². The molecule has 0 saturated carbocycles. The van der Waals surface area contributed by atoms with Crippen molar-refractivity contribution in [3.63, 3.8) is 0 Å². The van der Waals surface area contributed by atoms with Crippen LogP contribution in [0.25, 0.3) is 0 Å². The number of nitrogens with zero attached hydrogens (tertiary/aromatic N) is 1. The van der Waals surface area contributed by atoms with Gasteiger partial charge in [0, 0.05) is 22.2 Å². The maximum absolute atomic E-state index is 13.4. The topological polar surface area (TPSA) is 43.1 Å². The lowest BCUT2D eigenvalue weighted by Gasteiger charge is -2.09. The molecule has 1 rings (SSSR count). The number of benzene rings is 1. The number of non-ortho nitro benzene ring substituents is 1. The normalized spacial score (nSPS) is 12.5. The molecule has 0 aliphatic heterocycles. The summed E-state index contributed by atoms with van der Waals surface area (Å²) in [6.45, 7) is 1.65. The molecule has 0 amide bonds. The van der Waals surface area contributed by atoms with Crippen molar-refractivity contribution in [2.45, 2.75) is 19.5 Å². The van der Waals surface area contributed by atoms with Gasteiger partial charge in [0.25, 0.3) is 5.69 Å². The Labute approximate surface area is 99.5 Å². The molecule has 82 valence electrons. The summed E-state index contributed by atoms with van der Waals surface area (Å²) in [5.41, 5.74) is -0.0161. The summed E-state index contributed by atoms with van der Waals surface area (Å²) in [4.78, 5) is 9.97. The zero-order chi connectivity index (χ0) is 11.6. The molecule has 0 fully saturated rings. The van der Waals surface area contributed by atoms with Crippen LogP contribution in [0.4, 0.5) is 10.1 Å². The lowest BCUT2D eigenvalue weighted by Crippen LogP contribution is -1.95. The Hall–Kier alpha value is -0.680. The Morgan fingerprint density at radius 1 is 1.67 bits per heavy atom. The number of rotatable bonds is 3. The Balaban J connectivity index is 3.31. The van der Waals surface area contributed by atoms with Gasteiger partial charge in [-0.15, -0.1) is 0 Å². The highest BCUT2D eigenvalue weighted by Gasteiger charge is 2.19. The van der Waals surface area contributed by atoms with Gasteiger partial charge in [0.2, 0.25) is 0 Å². The lowest BCUT2D eigenvalue weighted by atomic mass is 10.1. The summed E-state index contributed by atoms with van der Waals surface area (Å²) in [5, 5.41) is 10.7. The fourth-order valence-corrected chi connectivity index (χ4v) is 1.84. The monoisotopic (exact) mass is 295 g/mol. The molecule has 0 aromatic heterocycles. The summed E-state index contributed by atoms with van der Waals surface area (Å²) in [6, 6.07) is 2.43. The molecular formula is C9H8BrClFNO2. The van der Waals surface area contributed by atoms with Crippen molar-refractivity contribution < 1.29 is 9.31 Å². The highest BCUT2D eigenvalue weighted by molar-refractivity contribution is 9.10. The summed E-state index contributed by atoms with van der Waals surface area (Å²) in [5.74, 6) is 0. The van der Waals surface area contributed by atoms with Crippen LogP contribution in [-0.4, -0.2) is 4.92 Å². The first-order valence-corrected chi connectivity index (χ1v) is 5.41. The molecule has 6 heteroatoms. The molecular weight excluding hydrogens is 288 g/mol. The molecule has 0 heterocycles. The van der Waals surface area contributed by atoms with E-state index in [-0.39, 0.29) is 22.7 Å². The smallest absolute Gasteiger partial charge is 0.258 e. The maximum atomic E-state index is 13.4. The van der Waals surface area contributed by atoms with Crippen LogP contribution in [0.15, 0.2) is 16.6 Å². The molecule has 3 nitrogen and oxygen atoms in total. The number of hydrogen-bond acceptors (Lipinski definition) is 2. The largest absolute Gasteiger partial charge is 0.271 e. The predicted octanol–water partition coefficient (Wildman–Crippen LogP) is 4.43. The number of halogens is 3. The van der Waals surface area contributed by atoms with Crippen molar-refractivity contribution in [3.05, 3.63) is 37.3 Å². The van der Waals surface area contributed by atoms with E-state index in [9.17, 15) is 14.5 Å². The summed E-state index contributed by atoms with van der Waals surface area (Å²) < 4.78 is 13.8. The number of nitro groups is 1. The fourth-order valence-electron chi connectivity index (χ4n) is 1.15. The van der Waals surface area contributed by atoms with Crippen molar-refractivity contribution in [1.29, 1.82) is 0 Å². The van der Waals surface area contributed by atoms with Crippen LogP contribution >= 0.6 is 27.5 Å². The van der Waals surface area contributed by atoms with Crippen LogP contribution in [0.5, 0.6) is 0 Å². The minimum atomic E-state index is -1.28. The SMILES string of the molecule is CCC(F)c1cc([N+](=O)[O-])cc(Br)c1Cl. The third-order valence-electron chi connectivity index (χ3n) is 1.95. The van der Waals surface area contributed by atoms with Gasteiger partial charge >= 0.3 is 0 Å². The first kappa shape index (κ1) is 12.4. The molecule has 1 atom stereocenters. The Morgan fingerprint density at radius 2 is 2.27 bits per heavy atom. The number of nitro benzene ring substituents is 1. The zero-order valence-electron chi connectivity index (χ0n) is 7.84. The fraction of sp³-hybridized carbons (Fsp3) is 0.333. The van der Waals surface area contributed by atoms with E-state index in [1.807, 2.05) is 0 Å². The molecule has 1 unspecified atom stereocenters. The van der Waals surface area contributed by atoms with Gasteiger partial charge in [-0.1, -0.05) is 18.5 Å². The highest BCUT2D eigenvalue weighted by atomic mass is 79.9. The molecule has 1 aromatic rings. The molecule has 1 aromatic carbocycles. The Kier molecular flexibility index (Phi) is 4.04. The van der Waals surface area contributed by atoms with E-state index in [2.05, 4.69) is 15.9 Å². The number of alkyl halides is 1. The van der Waals surface area contributed by atoms with E-state index < -0.39 is 11.1 Å². The molecule has 0 aliphatic carbocycles. The first-order valence-electron chi connectivity index (χ1n) is 4.24. The second-order valence-corrected chi connectivity index (χ2v) is 4.20. The number of hydrogen-bond donors (Lipinski definition) is 0. The molecule has 0 bridgehead atoms. The van der Waals surface area contributed by atoms with E-state index in [0.29, 0.717) is 4.47 Å². The van der Waals surface area contributed by atoms with Gasteiger partial charge in [0.1, 0.15) is 6.17 Å². The maximum Gasteiger partial charge on any atom is 0.271 e. The van der Waals surface area contributed by atoms with Crippen LogP contribution in [0.1, 0.15) is 25.1 Å². The molecule has 0 spiro atoms. The van der Waals surface area contributed by atoms with E-state index in [1.54, 1.807) is 6.92 Å². The predicted molar refractivity (Wildman–Crippen MR) is 59.9 cm³/mol. The Morgan fingerprint density at radius 3 is 2.73 bits per heavy atom. The molecule has 0 N–H and O–H groups in total. The van der Waals surface area contributed by atoms with Gasteiger partial charge in [0.15, 0.2) is 0 Å². The molecule has 0 aliphatic rings. The second-order valence-electron chi connectivity index (χ2n) is 2.96. The van der Waals surface area contributed by atoms with Gasteiger partial charge in [-0.2, -0.15) is 0 Å². The average molecular weight is 297 g/mol. The van der Waals surface area contributed by atoms with E-state index >= 15 is 0 Å². The van der Waals surface area contributed by atoms with Crippen LogP contribution in [-0.2, 0) is 0 Å². The highest BCUT2D eigenvalue weighted by Crippen LogP contribution is 2.36. The van der Waals surface area contributed by atoms with E-state index in [4.69, 9.17) is 11.6 Å². The summed E-state index contributed by atoms with van der Waals surface area (Å²) >= 11 is 8.89. The van der Waals surface area contributed by atoms with Crippen molar-refractivity contribution in [1.82, 2.24) is 0 Å². The third-order valence-corrected chi connectivity index (χ3v) is 3.22. The minimum absolute atomic E-state index is 0.153. The third kappa shape index (κ3) is 2.66. The Bertz CT molecular complexity index is 400. The van der Waals surface area contributed by atoms with Gasteiger partial charge in [0.05, 0.1) is 9.95 Å². The van der Waals surface area contributed by atoms with Crippen LogP contribution in [0.2, 0.25) is 5.02 Å². The minimum Gasteiger partial charge on any atom is -0.258 e. The van der Waals surface area contributed by atoms with Crippen molar-refractivity contribution >= 4 is 33.2 Å². The van der Waals surface area contributed by atoms with E-state index in [1.165, 1.54) is 12.1 Å². The molecule has 15 heavy (non-hydrogen) atoms. The summed E-state index contributed by atoms with van der Waals surface area (Å²) in [6.07, 6.45) is -1.05. The van der Waals surface area contributed by atoms with Crippen LogP contribution in [0.3, 0.4) is 0 Å². The summed E-state index contributed by atoms with van der Waals surface area (Å²) in [7, 11) is 0. The molecule has 0 radical (unpaired) electrons. The van der Waals surface area contributed by atoms with Gasteiger partial charge in [-0.25, -0.2) is 4.39 Å². The second kappa shape index (κ2) is 4.90. The van der Waals surface area contributed by atoms with Gasteiger partial charge < -0.3 is 0 Å². The quantitative estimate of drug-likeness (QED) is 0.611. The van der Waals surface area contributed by atoms with Crippen molar-refractivity contribution in [2.75, 3.05) is 0 Å².